The molecule has 2 nitrogen and oxygen atoms in total. The molecule has 0 aliphatic rings. The quantitative estimate of drug-likeness (QED) is 0.547. The highest BCUT2D eigenvalue weighted by Crippen LogP contribution is 2.19. The van der Waals surface area contributed by atoms with Crippen molar-refractivity contribution in [2.24, 2.45) is 0 Å². The van der Waals surface area contributed by atoms with Crippen molar-refractivity contribution in [3.63, 3.8) is 0 Å². The van der Waals surface area contributed by atoms with Gasteiger partial charge in [0.05, 0.1) is 0 Å². The van der Waals surface area contributed by atoms with Gasteiger partial charge in [0.25, 0.3) is 0 Å². The van der Waals surface area contributed by atoms with Gasteiger partial charge >= 0.3 is 0 Å². The first kappa shape index (κ1) is 8.33. The van der Waals surface area contributed by atoms with E-state index in [1.54, 1.807) is 17.8 Å². The lowest BCUT2D eigenvalue weighted by molar-refractivity contribution is 0.582. The van der Waals surface area contributed by atoms with Crippen molar-refractivity contribution in [2.75, 3.05) is 11.5 Å². The Morgan fingerprint density at radius 3 is 2.91 bits per heavy atom. The summed E-state index contributed by atoms with van der Waals surface area (Å²) in [5.74, 6) is 0.630. The van der Waals surface area contributed by atoms with Crippen molar-refractivity contribution in [1.82, 2.24) is 4.98 Å². The smallest absolute Gasteiger partial charge is 0.215 e. The molecular formula is C7H9FN2S. The molecule has 0 bridgehead atoms. The molecule has 0 radical (unpaired) electrons. The van der Waals surface area contributed by atoms with Crippen LogP contribution in [0.5, 0.6) is 0 Å². The van der Waals surface area contributed by atoms with Gasteiger partial charge in [0, 0.05) is 11.0 Å². The number of nitrogen functional groups attached to an aromatic ring is 1. The third-order valence-electron chi connectivity index (χ3n) is 1.10. The van der Waals surface area contributed by atoms with Crippen molar-refractivity contribution < 1.29 is 4.39 Å². The zero-order chi connectivity index (χ0) is 8.27. The van der Waals surface area contributed by atoms with E-state index in [1.807, 2.05) is 6.92 Å². The largest absolute Gasteiger partial charge is 0.384 e. The molecule has 1 heterocycles. The highest BCUT2D eigenvalue weighted by atomic mass is 32.2. The van der Waals surface area contributed by atoms with Crippen LogP contribution in [0, 0.1) is 5.95 Å². The Kier molecular flexibility index (Phi) is 2.70. The molecule has 1 aromatic rings. The third kappa shape index (κ3) is 2.38. The Morgan fingerprint density at radius 2 is 2.36 bits per heavy atom. The number of nitrogens with zero attached hydrogens (tertiary/aromatic N) is 1. The second-order valence-electron chi connectivity index (χ2n) is 1.98. The molecule has 1 aromatic heterocycles. The Bertz CT molecular complexity index is 232. The second-order valence-corrected chi connectivity index (χ2v) is 3.32. The van der Waals surface area contributed by atoms with Gasteiger partial charge in [-0.1, -0.05) is 6.92 Å². The first-order chi connectivity index (χ1) is 5.22. The summed E-state index contributed by atoms with van der Waals surface area (Å²) in [4.78, 5) is 4.25. The minimum atomic E-state index is -0.513. The average molecular weight is 172 g/mol. The van der Waals surface area contributed by atoms with Crippen LogP contribution < -0.4 is 5.73 Å². The van der Waals surface area contributed by atoms with Crippen LogP contribution in [0.4, 0.5) is 10.2 Å². The highest BCUT2D eigenvalue weighted by Gasteiger charge is 1.98. The molecule has 0 amide bonds. The fourth-order valence-corrected chi connectivity index (χ4v) is 1.46. The minimum absolute atomic E-state index is 0.237. The van der Waals surface area contributed by atoms with E-state index in [4.69, 9.17) is 5.73 Å². The standard InChI is InChI=1S/C7H9FN2S/c1-2-11-5-3-6(8)10-7(9)4-5/h3-4H,2H2,1H3,(H2,9,10). The van der Waals surface area contributed by atoms with Crippen molar-refractivity contribution >= 4 is 17.6 Å². The molecule has 0 fully saturated rings. The maximum absolute atomic E-state index is 12.5. The summed E-state index contributed by atoms with van der Waals surface area (Å²) in [6.07, 6.45) is 0. The first-order valence-electron chi connectivity index (χ1n) is 3.28. The number of nitrogens with two attached hydrogens (primary N) is 1. The van der Waals surface area contributed by atoms with Gasteiger partial charge in [-0.2, -0.15) is 4.39 Å². The minimum Gasteiger partial charge on any atom is -0.384 e. The van der Waals surface area contributed by atoms with Crippen molar-refractivity contribution in [3.8, 4) is 0 Å². The molecule has 4 heteroatoms. The van der Waals surface area contributed by atoms with E-state index in [-0.39, 0.29) is 5.82 Å². The maximum atomic E-state index is 12.5. The number of rotatable bonds is 2. The molecule has 0 aromatic carbocycles. The summed E-state index contributed by atoms with van der Waals surface area (Å²) in [5, 5.41) is 0. The Labute approximate surface area is 69.0 Å². The van der Waals surface area contributed by atoms with Crippen LogP contribution in [-0.4, -0.2) is 10.7 Å². The van der Waals surface area contributed by atoms with Crippen molar-refractivity contribution in [2.45, 2.75) is 11.8 Å². The molecule has 0 unspecified atom stereocenters. The zero-order valence-corrected chi connectivity index (χ0v) is 6.99. The van der Waals surface area contributed by atoms with Crippen LogP contribution in [0.15, 0.2) is 17.0 Å². The van der Waals surface area contributed by atoms with Crippen LogP contribution in [0.3, 0.4) is 0 Å². The van der Waals surface area contributed by atoms with E-state index < -0.39 is 5.95 Å². The van der Waals surface area contributed by atoms with Crippen LogP contribution in [-0.2, 0) is 0 Å². The molecule has 0 aliphatic carbocycles. The van der Waals surface area contributed by atoms with E-state index in [0.717, 1.165) is 10.6 Å². The average Bonchev–Trinajstić information content (AvgIpc) is 1.85. The van der Waals surface area contributed by atoms with E-state index in [0.29, 0.717) is 0 Å². The van der Waals surface area contributed by atoms with Crippen molar-refractivity contribution in [1.29, 1.82) is 0 Å². The first-order valence-corrected chi connectivity index (χ1v) is 4.27. The molecule has 0 saturated carbocycles. The maximum Gasteiger partial charge on any atom is 0.215 e. The summed E-state index contributed by atoms with van der Waals surface area (Å²) in [6.45, 7) is 2.00. The molecule has 0 aliphatic heterocycles. The second kappa shape index (κ2) is 3.57. The SMILES string of the molecule is CCSc1cc(N)nc(F)c1. The third-order valence-corrected chi connectivity index (χ3v) is 1.96. The molecule has 0 spiro atoms. The number of hydrogen-bond acceptors (Lipinski definition) is 3. The van der Waals surface area contributed by atoms with Gasteiger partial charge in [-0.15, -0.1) is 11.8 Å². The Morgan fingerprint density at radius 1 is 1.64 bits per heavy atom. The van der Waals surface area contributed by atoms with E-state index >= 15 is 0 Å². The molecule has 11 heavy (non-hydrogen) atoms. The van der Waals surface area contributed by atoms with Crippen LogP contribution in [0.1, 0.15) is 6.92 Å². The summed E-state index contributed by atoms with van der Waals surface area (Å²) in [7, 11) is 0. The van der Waals surface area contributed by atoms with Crippen LogP contribution in [0.25, 0.3) is 0 Å². The topological polar surface area (TPSA) is 38.9 Å². The summed E-state index contributed by atoms with van der Waals surface area (Å²) < 4.78 is 12.5. The predicted molar refractivity (Wildman–Crippen MR) is 45.0 cm³/mol. The number of pyridine rings is 1. The van der Waals surface area contributed by atoms with Crippen molar-refractivity contribution in [3.05, 3.63) is 18.1 Å². The van der Waals surface area contributed by atoms with E-state index in [9.17, 15) is 4.39 Å². The van der Waals surface area contributed by atoms with Crippen LogP contribution in [0.2, 0.25) is 0 Å². The van der Waals surface area contributed by atoms with Gasteiger partial charge in [-0.3, -0.25) is 0 Å². The van der Waals surface area contributed by atoms with Gasteiger partial charge in [0.1, 0.15) is 5.82 Å². The van der Waals surface area contributed by atoms with Gasteiger partial charge in [0.2, 0.25) is 5.95 Å². The highest BCUT2D eigenvalue weighted by molar-refractivity contribution is 7.99. The number of aromatic nitrogens is 1. The number of thioether (sulfide) groups is 1. The number of halogens is 1. The summed E-state index contributed by atoms with van der Waals surface area (Å²) in [5.41, 5.74) is 5.33. The molecular weight excluding hydrogens is 163 g/mol. The summed E-state index contributed by atoms with van der Waals surface area (Å²) >= 11 is 1.54. The number of anilines is 1. The lowest BCUT2D eigenvalue weighted by Gasteiger charge is -1.98. The van der Waals surface area contributed by atoms with E-state index in [1.165, 1.54) is 6.07 Å². The van der Waals surface area contributed by atoms with Gasteiger partial charge in [-0.05, 0) is 11.8 Å². The lowest BCUT2D eigenvalue weighted by Crippen LogP contribution is -1.92. The van der Waals surface area contributed by atoms with Gasteiger partial charge < -0.3 is 5.73 Å². The van der Waals surface area contributed by atoms with Gasteiger partial charge in [0.15, 0.2) is 0 Å². The Hall–Kier alpha value is -0.770. The lowest BCUT2D eigenvalue weighted by atomic mass is 10.5. The monoisotopic (exact) mass is 172 g/mol. The Balaban J connectivity index is 2.89. The zero-order valence-electron chi connectivity index (χ0n) is 6.17. The fraction of sp³-hybridized carbons (Fsp3) is 0.286. The fourth-order valence-electron chi connectivity index (χ4n) is 0.743. The number of hydrogen-bond donors (Lipinski definition) is 1. The van der Waals surface area contributed by atoms with E-state index in [2.05, 4.69) is 4.98 Å². The molecule has 0 atom stereocenters. The van der Waals surface area contributed by atoms with Gasteiger partial charge in [-0.25, -0.2) is 4.98 Å². The molecule has 60 valence electrons. The predicted octanol–water partition coefficient (Wildman–Crippen LogP) is 1.91. The molecule has 2 N–H and O–H groups in total. The summed E-state index contributed by atoms with van der Waals surface area (Å²) in [6, 6.07) is 3.04. The molecule has 1 rings (SSSR count). The molecule has 0 saturated heterocycles. The normalized spacial score (nSPS) is 10.0. The van der Waals surface area contributed by atoms with Crippen LogP contribution >= 0.6 is 11.8 Å².